The first-order chi connectivity index (χ1) is 6.83. The van der Waals surface area contributed by atoms with Crippen molar-refractivity contribution in [3.63, 3.8) is 0 Å². The molecule has 1 aromatic rings. The van der Waals surface area contributed by atoms with Crippen molar-refractivity contribution in [2.45, 2.75) is 50.0 Å². The fourth-order valence-corrected chi connectivity index (χ4v) is 3.31. The molecule has 76 valence electrons. The number of nitrogens with zero attached hydrogens (tertiary/aromatic N) is 1. The SMILES string of the molecule is NC1CC(c2csc(C3CCC3)n2)C1. The van der Waals surface area contributed by atoms with Crippen LogP contribution in [0.4, 0.5) is 0 Å². The molecule has 2 aliphatic carbocycles. The van der Waals surface area contributed by atoms with Gasteiger partial charge in [-0.05, 0) is 25.7 Å². The van der Waals surface area contributed by atoms with Gasteiger partial charge in [0.2, 0.25) is 0 Å². The van der Waals surface area contributed by atoms with Gasteiger partial charge >= 0.3 is 0 Å². The lowest BCUT2D eigenvalue weighted by atomic mass is 9.79. The zero-order valence-corrected chi connectivity index (χ0v) is 9.09. The quantitative estimate of drug-likeness (QED) is 0.811. The van der Waals surface area contributed by atoms with E-state index >= 15 is 0 Å². The van der Waals surface area contributed by atoms with Crippen LogP contribution < -0.4 is 5.73 Å². The summed E-state index contributed by atoms with van der Waals surface area (Å²) in [6.45, 7) is 0. The molecule has 0 radical (unpaired) electrons. The molecule has 2 saturated carbocycles. The molecule has 0 spiro atoms. The predicted octanol–water partition coefficient (Wildman–Crippen LogP) is 2.62. The van der Waals surface area contributed by atoms with E-state index in [1.807, 2.05) is 11.3 Å². The van der Waals surface area contributed by atoms with E-state index in [4.69, 9.17) is 10.7 Å². The molecule has 14 heavy (non-hydrogen) atoms. The third-order valence-electron chi connectivity index (χ3n) is 3.59. The highest BCUT2D eigenvalue weighted by molar-refractivity contribution is 7.09. The van der Waals surface area contributed by atoms with E-state index in [1.165, 1.54) is 30.0 Å². The topological polar surface area (TPSA) is 38.9 Å². The Balaban J connectivity index is 1.70. The molecule has 0 amide bonds. The number of rotatable bonds is 2. The van der Waals surface area contributed by atoms with Gasteiger partial charge in [-0.25, -0.2) is 4.98 Å². The van der Waals surface area contributed by atoms with Crippen LogP contribution in [-0.2, 0) is 0 Å². The molecule has 3 rings (SSSR count). The molecular weight excluding hydrogens is 192 g/mol. The smallest absolute Gasteiger partial charge is 0.0959 e. The van der Waals surface area contributed by atoms with E-state index in [1.54, 1.807) is 0 Å². The van der Waals surface area contributed by atoms with Gasteiger partial charge in [-0.2, -0.15) is 0 Å². The molecule has 0 unspecified atom stereocenters. The number of thiazole rings is 1. The van der Waals surface area contributed by atoms with E-state index in [0.717, 1.165) is 18.8 Å². The van der Waals surface area contributed by atoms with Gasteiger partial charge in [-0.15, -0.1) is 11.3 Å². The second-order valence-corrected chi connectivity index (χ2v) is 5.56. The second kappa shape index (κ2) is 3.31. The maximum Gasteiger partial charge on any atom is 0.0959 e. The number of nitrogens with two attached hydrogens (primary N) is 1. The Labute approximate surface area is 88.5 Å². The molecule has 0 atom stereocenters. The maximum atomic E-state index is 5.79. The summed E-state index contributed by atoms with van der Waals surface area (Å²) in [5.74, 6) is 1.47. The lowest BCUT2D eigenvalue weighted by Gasteiger charge is -2.31. The molecule has 2 fully saturated rings. The molecular formula is C11H16N2S. The summed E-state index contributed by atoms with van der Waals surface area (Å²) in [5.41, 5.74) is 7.10. The Hall–Kier alpha value is -0.410. The number of hydrogen-bond acceptors (Lipinski definition) is 3. The van der Waals surface area contributed by atoms with Crippen molar-refractivity contribution in [3.8, 4) is 0 Å². The number of hydrogen-bond donors (Lipinski definition) is 1. The summed E-state index contributed by atoms with van der Waals surface area (Å²) in [4.78, 5) is 4.75. The van der Waals surface area contributed by atoms with Gasteiger partial charge in [-0.3, -0.25) is 0 Å². The third kappa shape index (κ3) is 1.39. The lowest BCUT2D eigenvalue weighted by molar-refractivity contribution is 0.344. The van der Waals surface area contributed by atoms with Crippen LogP contribution in [-0.4, -0.2) is 11.0 Å². The van der Waals surface area contributed by atoms with E-state index in [-0.39, 0.29) is 0 Å². The van der Waals surface area contributed by atoms with Crippen LogP contribution in [0.2, 0.25) is 0 Å². The second-order valence-electron chi connectivity index (χ2n) is 4.67. The highest BCUT2D eigenvalue weighted by Crippen LogP contribution is 2.41. The van der Waals surface area contributed by atoms with Crippen LogP contribution in [0.3, 0.4) is 0 Å². The first kappa shape index (κ1) is 8.86. The first-order valence-corrected chi connectivity index (χ1v) is 6.42. The van der Waals surface area contributed by atoms with Gasteiger partial charge in [-0.1, -0.05) is 6.42 Å². The van der Waals surface area contributed by atoms with Crippen LogP contribution in [0, 0.1) is 0 Å². The fraction of sp³-hybridized carbons (Fsp3) is 0.727. The Kier molecular flexibility index (Phi) is 2.10. The van der Waals surface area contributed by atoms with Gasteiger partial charge in [0.15, 0.2) is 0 Å². The van der Waals surface area contributed by atoms with Crippen LogP contribution in [0.5, 0.6) is 0 Å². The third-order valence-corrected chi connectivity index (χ3v) is 4.61. The molecule has 1 heterocycles. The monoisotopic (exact) mass is 208 g/mol. The summed E-state index contributed by atoms with van der Waals surface area (Å²) < 4.78 is 0. The van der Waals surface area contributed by atoms with Gasteiger partial charge in [0.25, 0.3) is 0 Å². The minimum atomic E-state index is 0.439. The van der Waals surface area contributed by atoms with Gasteiger partial charge in [0.05, 0.1) is 10.7 Å². The highest BCUT2D eigenvalue weighted by atomic mass is 32.1. The molecule has 0 aliphatic heterocycles. The standard InChI is InChI=1S/C11H16N2S/c12-9-4-8(5-9)10-6-14-11(13-10)7-2-1-3-7/h6-9H,1-5,12H2. The van der Waals surface area contributed by atoms with Crippen molar-refractivity contribution in [3.05, 3.63) is 16.1 Å². The van der Waals surface area contributed by atoms with Gasteiger partial charge in [0, 0.05) is 23.3 Å². The number of aromatic nitrogens is 1. The average Bonchev–Trinajstić information content (AvgIpc) is 2.44. The summed E-state index contributed by atoms with van der Waals surface area (Å²) >= 11 is 1.86. The summed E-state index contributed by atoms with van der Waals surface area (Å²) in [6, 6.07) is 0.439. The van der Waals surface area contributed by atoms with E-state index in [0.29, 0.717) is 12.0 Å². The van der Waals surface area contributed by atoms with Crippen molar-refractivity contribution in [1.82, 2.24) is 4.98 Å². The Morgan fingerprint density at radius 3 is 2.64 bits per heavy atom. The normalized spacial score (nSPS) is 32.4. The molecule has 0 saturated heterocycles. The minimum Gasteiger partial charge on any atom is -0.328 e. The maximum absolute atomic E-state index is 5.79. The van der Waals surface area contributed by atoms with Crippen molar-refractivity contribution in [2.24, 2.45) is 5.73 Å². The summed E-state index contributed by atoms with van der Waals surface area (Å²) in [5, 5.41) is 3.64. The summed E-state index contributed by atoms with van der Waals surface area (Å²) in [7, 11) is 0. The molecule has 2 aliphatic rings. The van der Waals surface area contributed by atoms with Gasteiger partial charge in [0.1, 0.15) is 0 Å². The molecule has 3 heteroatoms. The van der Waals surface area contributed by atoms with Crippen molar-refractivity contribution in [2.75, 3.05) is 0 Å². The van der Waals surface area contributed by atoms with Crippen LogP contribution >= 0.6 is 11.3 Å². The fourth-order valence-electron chi connectivity index (χ4n) is 2.23. The zero-order valence-electron chi connectivity index (χ0n) is 8.28. The Bertz CT molecular complexity index is 324. The molecule has 2 nitrogen and oxygen atoms in total. The average molecular weight is 208 g/mol. The summed E-state index contributed by atoms with van der Waals surface area (Å²) in [6.07, 6.45) is 6.41. The highest BCUT2D eigenvalue weighted by Gasteiger charge is 2.30. The molecule has 0 aromatic carbocycles. The van der Waals surface area contributed by atoms with Crippen molar-refractivity contribution in [1.29, 1.82) is 0 Å². The van der Waals surface area contributed by atoms with Crippen molar-refractivity contribution < 1.29 is 0 Å². The van der Waals surface area contributed by atoms with Crippen molar-refractivity contribution >= 4 is 11.3 Å². The van der Waals surface area contributed by atoms with Crippen LogP contribution in [0.1, 0.15) is 54.6 Å². The first-order valence-electron chi connectivity index (χ1n) is 5.54. The predicted molar refractivity (Wildman–Crippen MR) is 58.7 cm³/mol. The van der Waals surface area contributed by atoms with Crippen LogP contribution in [0.25, 0.3) is 0 Å². The minimum absolute atomic E-state index is 0.439. The van der Waals surface area contributed by atoms with E-state index in [9.17, 15) is 0 Å². The molecule has 2 N–H and O–H groups in total. The van der Waals surface area contributed by atoms with E-state index in [2.05, 4.69) is 5.38 Å². The van der Waals surface area contributed by atoms with Crippen LogP contribution in [0.15, 0.2) is 5.38 Å². The van der Waals surface area contributed by atoms with Gasteiger partial charge < -0.3 is 5.73 Å². The molecule has 1 aromatic heterocycles. The Morgan fingerprint density at radius 2 is 2.07 bits per heavy atom. The zero-order chi connectivity index (χ0) is 9.54. The largest absolute Gasteiger partial charge is 0.328 e. The Morgan fingerprint density at radius 1 is 1.29 bits per heavy atom. The lowest BCUT2D eigenvalue weighted by Crippen LogP contribution is -2.34. The molecule has 0 bridgehead atoms. The van der Waals surface area contributed by atoms with E-state index < -0.39 is 0 Å².